The normalized spacial score (nSPS) is 14.6. The fourth-order valence-electron chi connectivity index (χ4n) is 4.12. The van der Waals surface area contributed by atoms with Crippen LogP contribution < -0.4 is 0 Å². The van der Waals surface area contributed by atoms with Gasteiger partial charge in [0.1, 0.15) is 0 Å². The molecule has 1 saturated heterocycles. The molecular weight excluding hydrogens is 384 g/mol. The molecule has 0 spiro atoms. The van der Waals surface area contributed by atoms with Crippen molar-refractivity contribution in [3.8, 4) is 11.4 Å². The lowest BCUT2D eigenvalue weighted by atomic mass is 10.0. The van der Waals surface area contributed by atoms with E-state index in [0.717, 1.165) is 55.0 Å². The van der Waals surface area contributed by atoms with Gasteiger partial charge in [0.05, 0.1) is 22.5 Å². The number of carbonyl (C=O) groups is 1. The molecule has 154 valence electrons. The summed E-state index contributed by atoms with van der Waals surface area (Å²) in [5.74, 6) is 0.0649. The number of hydrogen-bond donors (Lipinski definition) is 0. The van der Waals surface area contributed by atoms with Crippen LogP contribution in [-0.2, 0) is 6.54 Å². The Kier molecular flexibility index (Phi) is 5.42. The van der Waals surface area contributed by atoms with Gasteiger partial charge in [-0.1, -0.05) is 54.6 Å². The number of pyridine rings is 2. The van der Waals surface area contributed by atoms with Crippen molar-refractivity contribution >= 4 is 16.8 Å². The third-order valence-corrected chi connectivity index (χ3v) is 5.78. The van der Waals surface area contributed by atoms with E-state index in [4.69, 9.17) is 4.98 Å². The maximum atomic E-state index is 13.5. The predicted molar refractivity (Wildman–Crippen MR) is 123 cm³/mol. The number of rotatable bonds is 4. The van der Waals surface area contributed by atoms with E-state index in [1.54, 1.807) is 6.20 Å². The molecule has 5 rings (SSSR count). The second-order valence-electron chi connectivity index (χ2n) is 7.84. The van der Waals surface area contributed by atoms with Crippen LogP contribution in [0.25, 0.3) is 22.3 Å². The molecular formula is C26H24N4O. The first-order valence-electron chi connectivity index (χ1n) is 10.6. The molecule has 0 unspecified atom stereocenters. The number of benzene rings is 2. The fourth-order valence-corrected chi connectivity index (χ4v) is 4.12. The van der Waals surface area contributed by atoms with Gasteiger partial charge >= 0.3 is 0 Å². The Morgan fingerprint density at radius 1 is 0.806 bits per heavy atom. The summed E-state index contributed by atoms with van der Waals surface area (Å²) in [7, 11) is 0. The maximum Gasteiger partial charge on any atom is 0.254 e. The number of aromatic nitrogens is 2. The third kappa shape index (κ3) is 4.18. The van der Waals surface area contributed by atoms with Crippen molar-refractivity contribution in [1.29, 1.82) is 0 Å². The molecule has 3 heterocycles. The highest BCUT2D eigenvalue weighted by molar-refractivity contribution is 6.07. The monoisotopic (exact) mass is 408 g/mol. The highest BCUT2D eigenvalue weighted by Crippen LogP contribution is 2.25. The lowest BCUT2D eigenvalue weighted by molar-refractivity contribution is 0.0630. The quantitative estimate of drug-likeness (QED) is 0.506. The molecule has 1 fully saturated rings. The number of piperazine rings is 1. The van der Waals surface area contributed by atoms with Gasteiger partial charge in [0.2, 0.25) is 0 Å². The van der Waals surface area contributed by atoms with Crippen molar-refractivity contribution in [1.82, 2.24) is 19.8 Å². The first-order valence-corrected chi connectivity index (χ1v) is 10.6. The zero-order chi connectivity index (χ0) is 21.0. The zero-order valence-corrected chi connectivity index (χ0v) is 17.3. The standard InChI is InChI=1S/C26H24N4O/c31-26(30-16-14-29(15-17-30)19-20-8-2-1-3-9-20)22-18-25(24-12-6-7-13-27-24)28-23-11-5-4-10-21(22)23/h1-13,18H,14-17,19H2. The molecule has 0 bridgehead atoms. The van der Waals surface area contributed by atoms with Crippen molar-refractivity contribution in [2.24, 2.45) is 0 Å². The molecule has 0 aliphatic carbocycles. The molecule has 0 radical (unpaired) electrons. The summed E-state index contributed by atoms with van der Waals surface area (Å²) >= 11 is 0. The topological polar surface area (TPSA) is 49.3 Å². The lowest BCUT2D eigenvalue weighted by Gasteiger charge is -2.35. The van der Waals surface area contributed by atoms with Gasteiger partial charge in [0.25, 0.3) is 5.91 Å². The molecule has 1 aliphatic rings. The molecule has 2 aromatic carbocycles. The zero-order valence-electron chi connectivity index (χ0n) is 17.3. The van der Waals surface area contributed by atoms with Crippen LogP contribution >= 0.6 is 0 Å². The first-order chi connectivity index (χ1) is 15.3. The minimum absolute atomic E-state index is 0.0649. The molecule has 4 aromatic rings. The van der Waals surface area contributed by atoms with Crippen LogP contribution in [0, 0.1) is 0 Å². The van der Waals surface area contributed by atoms with Gasteiger partial charge in [-0.2, -0.15) is 0 Å². The number of hydrogen-bond acceptors (Lipinski definition) is 4. The van der Waals surface area contributed by atoms with Crippen molar-refractivity contribution < 1.29 is 4.79 Å². The number of nitrogens with zero attached hydrogens (tertiary/aromatic N) is 4. The molecule has 0 atom stereocenters. The Labute approximate surface area is 182 Å². The van der Waals surface area contributed by atoms with E-state index in [1.807, 2.05) is 59.5 Å². The Hall–Kier alpha value is -3.57. The van der Waals surface area contributed by atoms with Gasteiger partial charge in [0, 0.05) is 44.3 Å². The van der Waals surface area contributed by atoms with Gasteiger partial charge in [-0.3, -0.25) is 14.7 Å². The van der Waals surface area contributed by atoms with E-state index < -0.39 is 0 Å². The Balaban J connectivity index is 1.38. The average Bonchev–Trinajstić information content (AvgIpc) is 2.84. The third-order valence-electron chi connectivity index (χ3n) is 5.78. The van der Waals surface area contributed by atoms with E-state index in [0.29, 0.717) is 5.56 Å². The van der Waals surface area contributed by atoms with Crippen LogP contribution in [0.4, 0.5) is 0 Å². The van der Waals surface area contributed by atoms with E-state index in [9.17, 15) is 4.79 Å². The van der Waals surface area contributed by atoms with Crippen LogP contribution in [0.2, 0.25) is 0 Å². The molecule has 5 nitrogen and oxygen atoms in total. The lowest BCUT2D eigenvalue weighted by Crippen LogP contribution is -2.48. The van der Waals surface area contributed by atoms with Crippen LogP contribution in [0.15, 0.2) is 85.1 Å². The van der Waals surface area contributed by atoms with Gasteiger partial charge in [-0.25, -0.2) is 4.98 Å². The molecule has 0 saturated carbocycles. The van der Waals surface area contributed by atoms with Crippen LogP contribution in [0.1, 0.15) is 15.9 Å². The predicted octanol–water partition coefficient (Wildman–Crippen LogP) is 4.25. The van der Waals surface area contributed by atoms with Gasteiger partial charge in [-0.15, -0.1) is 0 Å². The Morgan fingerprint density at radius 3 is 2.32 bits per heavy atom. The second-order valence-corrected chi connectivity index (χ2v) is 7.84. The summed E-state index contributed by atoms with van der Waals surface area (Å²) in [5, 5.41) is 0.888. The Morgan fingerprint density at radius 2 is 1.55 bits per heavy atom. The van der Waals surface area contributed by atoms with Crippen LogP contribution in [-0.4, -0.2) is 51.9 Å². The van der Waals surface area contributed by atoms with E-state index in [2.05, 4.69) is 34.1 Å². The van der Waals surface area contributed by atoms with Crippen LogP contribution in [0.5, 0.6) is 0 Å². The molecule has 2 aromatic heterocycles. The summed E-state index contributed by atoms with van der Waals surface area (Å²) in [6.45, 7) is 4.11. The Bertz CT molecular complexity index is 1190. The molecule has 31 heavy (non-hydrogen) atoms. The van der Waals surface area contributed by atoms with Gasteiger partial charge < -0.3 is 4.90 Å². The summed E-state index contributed by atoms with van der Waals surface area (Å²) in [4.78, 5) is 27.1. The maximum absolute atomic E-state index is 13.5. The summed E-state index contributed by atoms with van der Waals surface area (Å²) < 4.78 is 0. The van der Waals surface area contributed by atoms with Crippen molar-refractivity contribution in [2.75, 3.05) is 26.2 Å². The van der Waals surface area contributed by atoms with Gasteiger partial charge in [-0.05, 0) is 29.8 Å². The summed E-state index contributed by atoms with van der Waals surface area (Å²) in [5.41, 5.74) is 4.32. The first kappa shape index (κ1) is 19.4. The summed E-state index contributed by atoms with van der Waals surface area (Å²) in [6, 6.07) is 26.0. The van der Waals surface area contributed by atoms with E-state index >= 15 is 0 Å². The number of amides is 1. The van der Waals surface area contributed by atoms with Crippen molar-refractivity contribution in [2.45, 2.75) is 6.54 Å². The van der Waals surface area contributed by atoms with Gasteiger partial charge in [0.15, 0.2) is 0 Å². The van der Waals surface area contributed by atoms with E-state index in [-0.39, 0.29) is 5.91 Å². The number of carbonyl (C=O) groups excluding carboxylic acids is 1. The minimum Gasteiger partial charge on any atom is -0.336 e. The highest BCUT2D eigenvalue weighted by Gasteiger charge is 2.24. The van der Waals surface area contributed by atoms with Crippen LogP contribution in [0.3, 0.4) is 0 Å². The average molecular weight is 409 g/mol. The molecule has 1 aliphatic heterocycles. The number of fused-ring (bicyclic) bond motifs is 1. The molecule has 5 heteroatoms. The highest BCUT2D eigenvalue weighted by atomic mass is 16.2. The van der Waals surface area contributed by atoms with Crippen molar-refractivity contribution in [3.63, 3.8) is 0 Å². The smallest absolute Gasteiger partial charge is 0.254 e. The fraction of sp³-hybridized carbons (Fsp3) is 0.192. The molecule has 1 amide bonds. The van der Waals surface area contributed by atoms with Crippen molar-refractivity contribution in [3.05, 3.63) is 96.2 Å². The molecule has 0 N–H and O–H groups in total. The summed E-state index contributed by atoms with van der Waals surface area (Å²) in [6.07, 6.45) is 1.75. The number of para-hydroxylation sites is 1. The minimum atomic E-state index is 0.0649. The second kappa shape index (κ2) is 8.66. The SMILES string of the molecule is O=C(c1cc(-c2ccccn2)nc2ccccc12)N1CCN(Cc2ccccc2)CC1. The van der Waals surface area contributed by atoms with E-state index in [1.165, 1.54) is 5.56 Å². The largest absolute Gasteiger partial charge is 0.336 e.